The Morgan fingerprint density at radius 2 is 1.00 bits per heavy atom. The van der Waals surface area contributed by atoms with Gasteiger partial charge in [0, 0.05) is 35.3 Å². The quantitative estimate of drug-likeness (QED) is 0.211. The Bertz CT molecular complexity index is 2030. The first-order chi connectivity index (χ1) is 17.9. The Morgan fingerprint density at radius 3 is 1.69 bits per heavy atom. The maximum absolute atomic E-state index is 2.41. The molecular formula is C34H20S2. The van der Waals surface area contributed by atoms with Crippen molar-refractivity contribution in [2.75, 3.05) is 0 Å². The Labute approximate surface area is 216 Å². The monoisotopic (exact) mass is 492 g/mol. The van der Waals surface area contributed by atoms with Crippen LogP contribution < -0.4 is 0 Å². The Morgan fingerprint density at radius 1 is 0.417 bits per heavy atom. The maximum Gasteiger partial charge on any atom is 0.0442 e. The van der Waals surface area contributed by atoms with Crippen LogP contribution in [-0.2, 0) is 0 Å². The van der Waals surface area contributed by atoms with Crippen LogP contribution in [0.2, 0.25) is 0 Å². The summed E-state index contributed by atoms with van der Waals surface area (Å²) in [5, 5.41) is 9.33. The number of rotatable bonds is 2. The standard InChI is InChI=1S/C34H20S2/c1-2-10-21(11-3-1)31-23-12-4-6-14-25(23)32(26-15-7-5-13-24(26)31)30-20-22-18-19-29-33(34(22)36-30)27-16-8-9-17-28(27)35-29/h1-20H. The zero-order valence-corrected chi connectivity index (χ0v) is 21.0. The Balaban J connectivity index is 1.52. The van der Waals surface area contributed by atoms with Crippen LogP contribution in [-0.4, -0.2) is 0 Å². The molecule has 0 saturated heterocycles. The van der Waals surface area contributed by atoms with Gasteiger partial charge in [0.05, 0.1) is 0 Å². The molecule has 2 heterocycles. The number of thiophene rings is 2. The first kappa shape index (κ1) is 20.2. The highest BCUT2D eigenvalue weighted by Crippen LogP contribution is 2.48. The van der Waals surface area contributed by atoms with Crippen LogP contribution >= 0.6 is 22.7 Å². The molecule has 0 aliphatic rings. The number of benzene rings is 6. The lowest BCUT2D eigenvalue weighted by atomic mass is 9.88. The largest absolute Gasteiger partial charge is 0.135 e. The summed E-state index contributed by atoms with van der Waals surface area (Å²) in [5.41, 5.74) is 3.92. The van der Waals surface area contributed by atoms with Gasteiger partial charge >= 0.3 is 0 Å². The molecule has 0 N–H and O–H groups in total. The Hall–Kier alpha value is -3.98. The molecule has 8 aromatic rings. The average molecular weight is 493 g/mol. The molecule has 0 aliphatic heterocycles. The van der Waals surface area contributed by atoms with Crippen molar-refractivity contribution >= 4 is 74.5 Å². The van der Waals surface area contributed by atoms with Crippen molar-refractivity contribution in [2.45, 2.75) is 0 Å². The molecule has 0 unspecified atom stereocenters. The molecule has 0 fully saturated rings. The predicted octanol–water partition coefficient (Wildman–Crippen LogP) is 10.9. The second-order valence-corrected chi connectivity index (χ2v) is 11.4. The van der Waals surface area contributed by atoms with Crippen molar-refractivity contribution < 1.29 is 0 Å². The predicted molar refractivity (Wildman–Crippen MR) is 161 cm³/mol. The van der Waals surface area contributed by atoms with Gasteiger partial charge < -0.3 is 0 Å². The second kappa shape index (κ2) is 7.76. The van der Waals surface area contributed by atoms with Gasteiger partial charge in [-0.2, -0.15) is 0 Å². The van der Waals surface area contributed by atoms with Gasteiger partial charge in [0.15, 0.2) is 0 Å². The third-order valence-electron chi connectivity index (χ3n) is 7.27. The first-order valence-electron chi connectivity index (χ1n) is 12.2. The van der Waals surface area contributed by atoms with Crippen LogP contribution in [0.15, 0.2) is 121 Å². The van der Waals surface area contributed by atoms with Crippen molar-refractivity contribution in [3.63, 3.8) is 0 Å². The number of hydrogen-bond acceptors (Lipinski definition) is 2. The number of fused-ring (bicyclic) bond motifs is 7. The molecule has 0 radical (unpaired) electrons. The van der Waals surface area contributed by atoms with Gasteiger partial charge in [0.1, 0.15) is 0 Å². The van der Waals surface area contributed by atoms with E-state index in [0.29, 0.717) is 0 Å². The van der Waals surface area contributed by atoms with Crippen molar-refractivity contribution in [1.29, 1.82) is 0 Å². The van der Waals surface area contributed by atoms with E-state index in [1.165, 1.54) is 73.4 Å². The molecule has 0 nitrogen and oxygen atoms in total. The lowest BCUT2D eigenvalue weighted by Crippen LogP contribution is -1.89. The zero-order valence-electron chi connectivity index (χ0n) is 19.4. The van der Waals surface area contributed by atoms with E-state index in [2.05, 4.69) is 121 Å². The molecule has 0 spiro atoms. The zero-order chi connectivity index (χ0) is 23.6. The summed E-state index contributed by atoms with van der Waals surface area (Å²) in [5.74, 6) is 0. The minimum absolute atomic E-state index is 1.26. The molecule has 0 amide bonds. The van der Waals surface area contributed by atoms with Gasteiger partial charge in [-0.15, -0.1) is 22.7 Å². The van der Waals surface area contributed by atoms with Gasteiger partial charge in [-0.1, -0.05) is 103 Å². The van der Waals surface area contributed by atoms with Crippen LogP contribution in [0.1, 0.15) is 0 Å². The summed E-state index contributed by atoms with van der Waals surface area (Å²) in [6.45, 7) is 0. The van der Waals surface area contributed by atoms with E-state index in [1.807, 2.05) is 22.7 Å². The van der Waals surface area contributed by atoms with Gasteiger partial charge in [-0.05, 0) is 56.3 Å². The van der Waals surface area contributed by atoms with E-state index < -0.39 is 0 Å². The van der Waals surface area contributed by atoms with E-state index in [-0.39, 0.29) is 0 Å². The fourth-order valence-corrected chi connectivity index (χ4v) is 8.21. The van der Waals surface area contributed by atoms with E-state index in [1.54, 1.807) is 0 Å². The molecule has 0 bridgehead atoms. The normalized spacial score (nSPS) is 11.9. The first-order valence-corrected chi connectivity index (χ1v) is 13.8. The highest BCUT2D eigenvalue weighted by atomic mass is 32.1. The maximum atomic E-state index is 2.41. The summed E-state index contributed by atoms with van der Waals surface area (Å²) in [4.78, 5) is 1.33. The molecule has 0 atom stereocenters. The van der Waals surface area contributed by atoms with Crippen LogP contribution in [0.5, 0.6) is 0 Å². The fourth-order valence-electron chi connectivity index (χ4n) is 5.74. The van der Waals surface area contributed by atoms with Crippen LogP contribution in [0, 0.1) is 0 Å². The molecule has 0 saturated carbocycles. The van der Waals surface area contributed by atoms with Gasteiger partial charge in [0.2, 0.25) is 0 Å². The summed E-state index contributed by atoms with van der Waals surface area (Å²) in [6.07, 6.45) is 0. The van der Waals surface area contributed by atoms with Crippen LogP contribution in [0.4, 0.5) is 0 Å². The van der Waals surface area contributed by atoms with E-state index >= 15 is 0 Å². The molecule has 6 aromatic carbocycles. The van der Waals surface area contributed by atoms with E-state index in [9.17, 15) is 0 Å². The lowest BCUT2D eigenvalue weighted by Gasteiger charge is -2.16. The third-order valence-corrected chi connectivity index (χ3v) is 9.59. The molecule has 2 heteroatoms. The van der Waals surface area contributed by atoms with Crippen molar-refractivity contribution in [2.24, 2.45) is 0 Å². The molecule has 8 rings (SSSR count). The molecule has 36 heavy (non-hydrogen) atoms. The summed E-state index contributed by atoms with van der Waals surface area (Å²) in [6, 6.07) is 44.5. The highest BCUT2D eigenvalue weighted by Gasteiger charge is 2.19. The Kier molecular flexibility index (Phi) is 4.36. The van der Waals surface area contributed by atoms with Crippen LogP contribution in [0.25, 0.3) is 73.4 Å². The fraction of sp³-hybridized carbons (Fsp3) is 0. The van der Waals surface area contributed by atoms with Crippen molar-refractivity contribution in [1.82, 2.24) is 0 Å². The van der Waals surface area contributed by atoms with E-state index in [0.717, 1.165) is 0 Å². The third kappa shape index (κ3) is 2.86. The minimum atomic E-state index is 1.26. The number of hydrogen-bond donors (Lipinski definition) is 0. The topological polar surface area (TPSA) is 0 Å². The second-order valence-electron chi connectivity index (χ2n) is 9.27. The van der Waals surface area contributed by atoms with Crippen molar-refractivity contribution in [3.8, 4) is 21.6 Å². The highest BCUT2D eigenvalue weighted by molar-refractivity contribution is 7.28. The van der Waals surface area contributed by atoms with E-state index in [4.69, 9.17) is 0 Å². The smallest absolute Gasteiger partial charge is 0.0442 e. The molecule has 0 aliphatic carbocycles. The lowest BCUT2D eigenvalue weighted by molar-refractivity contribution is 1.67. The molecule has 168 valence electrons. The summed E-state index contributed by atoms with van der Waals surface area (Å²) in [7, 11) is 0. The van der Waals surface area contributed by atoms with Crippen LogP contribution in [0.3, 0.4) is 0 Å². The van der Waals surface area contributed by atoms with Gasteiger partial charge in [-0.3, -0.25) is 0 Å². The van der Waals surface area contributed by atoms with Gasteiger partial charge in [-0.25, -0.2) is 0 Å². The summed E-state index contributed by atoms with van der Waals surface area (Å²) >= 11 is 3.83. The van der Waals surface area contributed by atoms with Gasteiger partial charge in [0.25, 0.3) is 0 Å². The SMILES string of the molecule is c1ccc(-c2c3ccccc3c(-c3cc4ccc5sc6ccccc6c5c4s3)c3ccccc23)cc1. The summed E-state index contributed by atoms with van der Waals surface area (Å²) < 4.78 is 4.12. The average Bonchev–Trinajstić information content (AvgIpc) is 3.53. The molecule has 2 aromatic heterocycles. The molecular weight excluding hydrogens is 473 g/mol. The van der Waals surface area contributed by atoms with Crippen molar-refractivity contribution in [3.05, 3.63) is 121 Å². The minimum Gasteiger partial charge on any atom is -0.135 e.